The van der Waals surface area contributed by atoms with Crippen molar-refractivity contribution >= 4 is 10.0 Å². The number of hydrogen-bond acceptors (Lipinski definition) is 4. The Balaban J connectivity index is 3.96. The van der Waals surface area contributed by atoms with Crippen molar-refractivity contribution in [2.75, 3.05) is 19.3 Å². The van der Waals surface area contributed by atoms with Crippen LogP contribution in [0, 0.1) is 0 Å². The van der Waals surface area contributed by atoms with Crippen LogP contribution < -0.4 is 10.0 Å². The lowest BCUT2D eigenvalue weighted by Gasteiger charge is -2.25. The lowest BCUT2D eigenvalue weighted by molar-refractivity contribution is 0.188. The largest absolute Gasteiger partial charge is 0.392 e. The van der Waals surface area contributed by atoms with E-state index in [0.29, 0.717) is 13.1 Å². The molecule has 0 amide bonds. The zero-order valence-corrected chi connectivity index (χ0v) is 9.98. The Hall–Kier alpha value is -0.170. The number of hydrogen-bond donors (Lipinski definition) is 3. The molecule has 0 unspecified atom stereocenters. The highest BCUT2D eigenvalue weighted by Gasteiger charge is 2.21. The fourth-order valence-corrected chi connectivity index (χ4v) is 2.21. The summed E-state index contributed by atoms with van der Waals surface area (Å²) < 4.78 is 24.4. The zero-order chi connectivity index (χ0) is 11.4. The normalized spacial score (nSPS) is 15.5. The summed E-state index contributed by atoms with van der Waals surface area (Å²) in [5, 5.41) is 12.0. The highest BCUT2D eigenvalue weighted by Crippen LogP contribution is 2.01. The van der Waals surface area contributed by atoms with Crippen LogP contribution in [0.1, 0.15) is 20.8 Å². The van der Waals surface area contributed by atoms with Crippen LogP contribution in [0.3, 0.4) is 0 Å². The van der Waals surface area contributed by atoms with E-state index < -0.39 is 21.7 Å². The average Bonchev–Trinajstić information content (AvgIpc) is 1.78. The average molecular weight is 224 g/mol. The predicted octanol–water partition coefficient (Wildman–Crippen LogP) is -0.715. The Morgan fingerprint density at radius 2 is 1.93 bits per heavy atom. The molecule has 0 aromatic rings. The quantitative estimate of drug-likeness (QED) is 0.556. The van der Waals surface area contributed by atoms with Crippen molar-refractivity contribution in [3.05, 3.63) is 0 Å². The summed E-state index contributed by atoms with van der Waals surface area (Å²) in [7, 11) is -3.18. The predicted molar refractivity (Wildman–Crippen MR) is 56.6 cm³/mol. The Morgan fingerprint density at radius 1 is 1.43 bits per heavy atom. The van der Waals surface area contributed by atoms with E-state index in [9.17, 15) is 8.42 Å². The van der Waals surface area contributed by atoms with E-state index in [1.54, 1.807) is 20.8 Å². The van der Waals surface area contributed by atoms with Crippen molar-refractivity contribution in [3.8, 4) is 0 Å². The van der Waals surface area contributed by atoms with E-state index in [1.807, 2.05) is 0 Å². The standard InChI is InChI=1S/C8H20N2O3S/c1-7(11)5-9-6-8(2,3)10-14(4,12)13/h7,9-11H,5-6H2,1-4H3/t7-/m0/s1. The third kappa shape index (κ3) is 8.43. The first-order valence-electron chi connectivity index (χ1n) is 4.50. The van der Waals surface area contributed by atoms with Gasteiger partial charge in [0.15, 0.2) is 0 Å². The van der Waals surface area contributed by atoms with Gasteiger partial charge in [-0.2, -0.15) is 0 Å². The minimum Gasteiger partial charge on any atom is -0.392 e. The van der Waals surface area contributed by atoms with Gasteiger partial charge in [0, 0.05) is 18.6 Å². The van der Waals surface area contributed by atoms with Gasteiger partial charge in [-0.1, -0.05) is 0 Å². The second kappa shape index (κ2) is 5.06. The topological polar surface area (TPSA) is 78.4 Å². The molecule has 0 aliphatic rings. The molecule has 0 rings (SSSR count). The number of nitrogens with one attached hydrogen (secondary N) is 2. The van der Waals surface area contributed by atoms with Gasteiger partial charge >= 0.3 is 0 Å². The second-order valence-electron chi connectivity index (χ2n) is 4.24. The molecule has 0 saturated heterocycles. The molecule has 0 aliphatic carbocycles. The Labute approximate surface area is 85.9 Å². The molecule has 0 aromatic carbocycles. The van der Waals surface area contributed by atoms with Crippen LogP contribution >= 0.6 is 0 Å². The van der Waals surface area contributed by atoms with Crippen LogP contribution in [-0.2, 0) is 10.0 Å². The van der Waals surface area contributed by atoms with Gasteiger partial charge in [0.05, 0.1) is 12.4 Å². The van der Waals surface area contributed by atoms with E-state index in [2.05, 4.69) is 10.0 Å². The summed E-state index contributed by atoms with van der Waals surface area (Å²) in [6.07, 6.45) is 0.702. The molecule has 0 fully saturated rings. The maximum atomic E-state index is 11.0. The lowest BCUT2D eigenvalue weighted by atomic mass is 10.1. The molecule has 86 valence electrons. The van der Waals surface area contributed by atoms with E-state index in [0.717, 1.165) is 6.26 Å². The van der Waals surface area contributed by atoms with Gasteiger partial charge in [0.25, 0.3) is 0 Å². The van der Waals surface area contributed by atoms with E-state index in [-0.39, 0.29) is 0 Å². The van der Waals surface area contributed by atoms with Gasteiger partial charge in [0.1, 0.15) is 0 Å². The minimum absolute atomic E-state index is 0.427. The Morgan fingerprint density at radius 3 is 2.29 bits per heavy atom. The molecule has 0 radical (unpaired) electrons. The molecule has 5 nitrogen and oxygen atoms in total. The van der Waals surface area contributed by atoms with Crippen molar-refractivity contribution in [3.63, 3.8) is 0 Å². The van der Waals surface area contributed by atoms with Crippen molar-refractivity contribution in [1.29, 1.82) is 0 Å². The molecule has 14 heavy (non-hydrogen) atoms. The van der Waals surface area contributed by atoms with Crippen LogP contribution in [0.5, 0.6) is 0 Å². The number of sulfonamides is 1. The molecule has 0 aliphatic heterocycles. The fraction of sp³-hybridized carbons (Fsp3) is 1.00. The maximum Gasteiger partial charge on any atom is 0.209 e. The van der Waals surface area contributed by atoms with Crippen molar-refractivity contribution < 1.29 is 13.5 Å². The van der Waals surface area contributed by atoms with E-state index in [4.69, 9.17) is 5.11 Å². The fourth-order valence-electron chi connectivity index (χ4n) is 1.13. The third-order valence-corrected chi connectivity index (χ3v) is 2.39. The van der Waals surface area contributed by atoms with Crippen LogP contribution in [0.4, 0.5) is 0 Å². The third-order valence-electron chi connectivity index (χ3n) is 1.47. The molecule has 1 atom stereocenters. The minimum atomic E-state index is -3.18. The maximum absolute atomic E-state index is 11.0. The monoisotopic (exact) mass is 224 g/mol. The molecule has 0 aromatic heterocycles. The summed E-state index contributed by atoms with van der Waals surface area (Å²) >= 11 is 0. The first-order chi connectivity index (χ1) is 6.12. The Bertz CT molecular complexity index is 260. The van der Waals surface area contributed by atoms with Gasteiger partial charge < -0.3 is 10.4 Å². The molecule has 0 heterocycles. The lowest BCUT2D eigenvalue weighted by Crippen LogP contribution is -2.50. The van der Waals surface area contributed by atoms with Crippen molar-refractivity contribution in [1.82, 2.24) is 10.0 Å². The highest BCUT2D eigenvalue weighted by atomic mass is 32.2. The molecule has 0 bridgehead atoms. The summed E-state index contributed by atoms with van der Waals surface area (Å²) in [5.74, 6) is 0. The summed E-state index contributed by atoms with van der Waals surface area (Å²) in [5.41, 5.74) is -0.539. The first kappa shape index (κ1) is 13.8. The van der Waals surface area contributed by atoms with Gasteiger partial charge in [-0.05, 0) is 20.8 Å². The van der Waals surface area contributed by atoms with Crippen LogP contribution in [0.15, 0.2) is 0 Å². The molecular weight excluding hydrogens is 204 g/mol. The molecule has 3 N–H and O–H groups in total. The summed E-state index contributed by atoms with van der Waals surface area (Å²) in [4.78, 5) is 0. The summed E-state index contributed by atoms with van der Waals surface area (Å²) in [6.45, 7) is 6.16. The van der Waals surface area contributed by atoms with Crippen LogP contribution in [0.2, 0.25) is 0 Å². The van der Waals surface area contributed by atoms with Crippen LogP contribution in [0.25, 0.3) is 0 Å². The molecule has 0 saturated carbocycles. The van der Waals surface area contributed by atoms with E-state index in [1.165, 1.54) is 0 Å². The number of rotatable bonds is 6. The highest BCUT2D eigenvalue weighted by molar-refractivity contribution is 7.88. The first-order valence-corrected chi connectivity index (χ1v) is 6.39. The van der Waals surface area contributed by atoms with Crippen molar-refractivity contribution in [2.45, 2.75) is 32.4 Å². The van der Waals surface area contributed by atoms with Crippen LogP contribution in [-0.4, -0.2) is 44.5 Å². The SMILES string of the molecule is C[C@H](O)CNCC(C)(C)NS(C)(=O)=O. The Kier molecular flexibility index (Phi) is 5.00. The van der Waals surface area contributed by atoms with Gasteiger partial charge in [0.2, 0.25) is 10.0 Å². The second-order valence-corrected chi connectivity index (χ2v) is 5.99. The number of aliphatic hydroxyl groups is 1. The zero-order valence-electron chi connectivity index (χ0n) is 9.16. The number of aliphatic hydroxyl groups excluding tert-OH is 1. The van der Waals surface area contributed by atoms with E-state index >= 15 is 0 Å². The molecular formula is C8H20N2O3S. The smallest absolute Gasteiger partial charge is 0.209 e. The van der Waals surface area contributed by atoms with Crippen molar-refractivity contribution in [2.24, 2.45) is 0 Å². The van der Waals surface area contributed by atoms with Gasteiger partial charge in [-0.25, -0.2) is 13.1 Å². The molecule has 0 spiro atoms. The molecule has 6 heteroatoms. The van der Waals surface area contributed by atoms with Gasteiger partial charge in [-0.15, -0.1) is 0 Å². The van der Waals surface area contributed by atoms with Gasteiger partial charge in [-0.3, -0.25) is 0 Å². The summed E-state index contributed by atoms with van der Waals surface area (Å²) in [6, 6.07) is 0.